The largest absolute Gasteiger partial charge is 0.309 e. The summed E-state index contributed by atoms with van der Waals surface area (Å²) in [7, 11) is 3.94. The van der Waals surface area contributed by atoms with Crippen LogP contribution in [-0.4, -0.2) is 36.3 Å². The van der Waals surface area contributed by atoms with Gasteiger partial charge in [0, 0.05) is 31.8 Å². The fourth-order valence-corrected chi connectivity index (χ4v) is 1.17. The standard InChI is InChI=1S/C11H16N2O/c1-13(2)8-5-11(14)9-10-3-6-12-7-4-10/h3-4,6-7H,5,8-9H2,1-2H3. The van der Waals surface area contributed by atoms with Crippen molar-refractivity contribution in [3.63, 3.8) is 0 Å². The number of rotatable bonds is 5. The molecule has 3 heteroatoms. The van der Waals surface area contributed by atoms with Crippen molar-refractivity contribution in [1.82, 2.24) is 9.88 Å². The highest BCUT2D eigenvalue weighted by atomic mass is 16.1. The number of Topliss-reactive ketones (excluding diaryl/α,β-unsaturated/α-hetero) is 1. The Morgan fingerprint density at radius 2 is 2.00 bits per heavy atom. The smallest absolute Gasteiger partial charge is 0.138 e. The molecular formula is C11H16N2O. The van der Waals surface area contributed by atoms with Crippen LogP contribution in [-0.2, 0) is 11.2 Å². The summed E-state index contributed by atoms with van der Waals surface area (Å²) in [6, 6.07) is 3.76. The Hall–Kier alpha value is -1.22. The second-order valence-electron chi connectivity index (χ2n) is 3.62. The van der Waals surface area contributed by atoms with Crippen molar-refractivity contribution in [3.05, 3.63) is 30.1 Å². The lowest BCUT2D eigenvalue weighted by atomic mass is 10.1. The highest BCUT2D eigenvalue weighted by Gasteiger charge is 2.03. The highest BCUT2D eigenvalue weighted by Crippen LogP contribution is 2.00. The maximum atomic E-state index is 11.5. The Labute approximate surface area is 84.8 Å². The van der Waals surface area contributed by atoms with Gasteiger partial charge in [0.2, 0.25) is 0 Å². The van der Waals surface area contributed by atoms with Crippen molar-refractivity contribution >= 4 is 5.78 Å². The number of aromatic nitrogens is 1. The van der Waals surface area contributed by atoms with E-state index in [9.17, 15) is 4.79 Å². The van der Waals surface area contributed by atoms with E-state index >= 15 is 0 Å². The molecule has 0 unspecified atom stereocenters. The fourth-order valence-electron chi connectivity index (χ4n) is 1.17. The molecule has 1 aromatic rings. The first-order valence-corrected chi connectivity index (χ1v) is 4.74. The van der Waals surface area contributed by atoms with Gasteiger partial charge in [0.25, 0.3) is 0 Å². The zero-order valence-corrected chi connectivity index (χ0v) is 8.73. The summed E-state index contributed by atoms with van der Waals surface area (Å²) in [4.78, 5) is 17.4. The van der Waals surface area contributed by atoms with Crippen LogP contribution >= 0.6 is 0 Å². The van der Waals surface area contributed by atoms with E-state index in [1.807, 2.05) is 31.1 Å². The minimum Gasteiger partial charge on any atom is -0.309 e. The number of hydrogen-bond acceptors (Lipinski definition) is 3. The van der Waals surface area contributed by atoms with Crippen LogP contribution in [0, 0.1) is 0 Å². The molecule has 0 bridgehead atoms. The predicted octanol–water partition coefficient (Wildman–Crippen LogP) is 1.14. The van der Waals surface area contributed by atoms with E-state index in [0.717, 1.165) is 12.1 Å². The Bertz CT molecular complexity index is 283. The Kier molecular flexibility index (Phi) is 4.26. The molecule has 76 valence electrons. The van der Waals surface area contributed by atoms with Gasteiger partial charge in [0.1, 0.15) is 5.78 Å². The first kappa shape index (κ1) is 10.9. The molecule has 3 nitrogen and oxygen atoms in total. The van der Waals surface area contributed by atoms with E-state index in [-0.39, 0.29) is 5.78 Å². The summed E-state index contributed by atoms with van der Waals surface area (Å²) in [6.45, 7) is 0.823. The molecule has 0 atom stereocenters. The Morgan fingerprint density at radius 1 is 1.36 bits per heavy atom. The third kappa shape index (κ3) is 4.14. The summed E-state index contributed by atoms with van der Waals surface area (Å²) in [5.74, 6) is 0.282. The van der Waals surface area contributed by atoms with Crippen molar-refractivity contribution in [2.24, 2.45) is 0 Å². The predicted molar refractivity (Wildman–Crippen MR) is 56.1 cm³/mol. The molecule has 0 N–H and O–H groups in total. The molecule has 0 spiro atoms. The van der Waals surface area contributed by atoms with Crippen LogP contribution in [0.4, 0.5) is 0 Å². The van der Waals surface area contributed by atoms with Gasteiger partial charge in [-0.1, -0.05) is 0 Å². The normalized spacial score (nSPS) is 10.5. The molecule has 1 rings (SSSR count). The van der Waals surface area contributed by atoms with Crippen LogP contribution in [0.15, 0.2) is 24.5 Å². The van der Waals surface area contributed by atoms with Crippen molar-refractivity contribution in [2.75, 3.05) is 20.6 Å². The molecule has 0 aromatic carbocycles. The number of hydrogen-bond donors (Lipinski definition) is 0. The van der Waals surface area contributed by atoms with E-state index in [0.29, 0.717) is 12.8 Å². The number of ketones is 1. The minimum absolute atomic E-state index is 0.282. The van der Waals surface area contributed by atoms with Crippen LogP contribution in [0.3, 0.4) is 0 Å². The van der Waals surface area contributed by atoms with Crippen LogP contribution in [0.1, 0.15) is 12.0 Å². The molecule has 0 aliphatic heterocycles. The second-order valence-corrected chi connectivity index (χ2v) is 3.62. The van der Waals surface area contributed by atoms with Crippen molar-refractivity contribution < 1.29 is 4.79 Å². The number of nitrogens with zero attached hydrogens (tertiary/aromatic N) is 2. The van der Waals surface area contributed by atoms with Crippen molar-refractivity contribution in [2.45, 2.75) is 12.8 Å². The summed E-state index contributed by atoms with van der Waals surface area (Å²) >= 11 is 0. The number of carbonyl (C=O) groups excluding carboxylic acids is 1. The lowest BCUT2D eigenvalue weighted by molar-refractivity contribution is -0.118. The van der Waals surface area contributed by atoms with Crippen molar-refractivity contribution in [3.8, 4) is 0 Å². The summed E-state index contributed by atoms with van der Waals surface area (Å²) in [6.07, 6.45) is 4.58. The van der Waals surface area contributed by atoms with Crippen LogP contribution in [0.25, 0.3) is 0 Å². The Balaban J connectivity index is 2.35. The van der Waals surface area contributed by atoms with Gasteiger partial charge in [-0.05, 0) is 31.8 Å². The summed E-state index contributed by atoms with van der Waals surface area (Å²) in [5.41, 5.74) is 1.05. The van der Waals surface area contributed by atoms with Gasteiger partial charge in [-0.25, -0.2) is 0 Å². The summed E-state index contributed by atoms with van der Waals surface area (Å²) in [5, 5.41) is 0. The van der Waals surface area contributed by atoms with Gasteiger partial charge in [0.05, 0.1) is 0 Å². The Morgan fingerprint density at radius 3 is 2.57 bits per heavy atom. The third-order valence-corrected chi connectivity index (χ3v) is 1.99. The van der Waals surface area contributed by atoms with Gasteiger partial charge in [-0.2, -0.15) is 0 Å². The highest BCUT2D eigenvalue weighted by molar-refractivity contribution is 5.80. The number of carbonyl (C=O) groups is 1. The molecule has 0 fully saturated rings. The molecule has 14 heavy (non-hydrogen) atoms. The third-order valence-electron chi connectivity index (χ3n) is 1.99. The number of pyridine rings is 1. The van der Waals surface area contributed by atoms with E-state index in [4.69, 9.17) is 0 Å². The lowest BCUT2D eigenvalue weighted by Gasteiger charge is -2.07. The molecule has 1 heterocycles. The fraction of sp³-hybridized carbons (Fsp3) is 0.455. The zero-order chi connectivity index (χ0) is 10.4. The molecule has 0 saturated heterocycles. The monoisotopic (exact) mass is 192 g/mol. The molecule has 0 radical (unpaired) electrons. The van der Waals surface area contributed by atoms with E-state index in [1.165, 1.54) is 0 Å². The van der Waals surface area contributed by atoms with Gasteiger partial charge in [-0.3, -0.25) is 9.78 Å². The first-order chi connectivity index (χ1) is 6.68. The quantitative estimate of drug-likeness (QED) is 0.701. The average Bonchev–Trinajstić information content (AvgIpc) is 2.16. The molecule has 0 amide bonds. The molecular weight excluding hydrogens is 176 g/mol. The maximum absolute atomic E-state index is 11.5. The second kappa shape index (κ2) is 5.50. The molecule has 0 saturated carbocycles. The van der Waals surface area contributed by atoms with Gasteiger partial charge >= 0.3 is 0 Å². The van der Waals surface area contributed by atoms with E-state index < -0.39 is 0 Å². The van der Waals surface area contributed by atoms with Gasteiger partial charge in [0.15, 0.2) is 0 Å². The molecule has 0 aliphatic carbocycles. The first-order valence-electron chi connectivity index (χ1n) is 4.74. The van der Waals surface area contributed by atoms with E-state index in [2.05, 4.69) is 4.98 Å². The van der Waals surface area contributed by atoms with Crippen LogP contribution < -0.4 is 0 Å². The summed E-state index contributed by atoms with van der Waals surface area (Å²) < 4.78 is 0. The zero-order valence-electron chi connectivity index (χ0n) is 8.73. The lowest BCUT2D eigenvalue weighted by Crippen LogP contribution is -2.17. The van der Waals surface area contributed by atoms with Gasteiger partial charge < -0.3 is 4.90 Å². The minimum atomic E-state index is 0.282. The molecule has 0 aliphatic rings. The average molecular weight is 192 g/mol. The van der Waals surface area contributed by atoms with E-state index in [1.54, 1.807) is 12.4 Å². The van der Waals surface area contributed by atoms with Crippen molar-refractivity contribution in [1.29, 1.82) is 0 Å². The van der Waals surface area contributed by atoms with Crippen LogP contribution in [0.5, 0.6) is 0 Å². The topological polar surface area (TPSA) is 33.2 Å². The van der Waals surface area contributed by atoms with Gasteiger partial charge in [-0.15, -0.1) is 0 Å². The maximum Gasteiger partial charge on any atom is 0.138 e. The molecule has 1 aromatic heterocycles. The SMILES string of the molecule is CN(C)CCC(=O)Cc1ccncc1. The van der Waals surface area contributed by atoms with Crippen LogP contribution in [0.2, 0.25) is 0 Å².